The summed E-state index contributed by atoms with van der Waals surface area (Å²) in [5, 5.41) is 0. The summed E-state index contributed by atoms with van der Waals surface area (Å²) in [6.07, 6.45) is 10.9. The van der Waals surface area contributed by atoms with Crippen molar-refractivity contribution in [2.75, 3.05) is 32.8 Å². The van der Waals surface area contributed by atoms with Crippen LogP contribution in [0.15, 0.2) is 24.5 Å². The third-order valence-electron chi connectivity index (χ3n) is 6.70. The highest BCUT2D eigenvalue weighted by molar-refractivity contribution is 5.81. The molecule has 28 heavy (non-hydrogen) atoms. The van der Waals surface area contributed by atoms with Crippen molar-refractivity contribution in [3.05, 3.63) is 30.1 Å². The predicted molar refractivity (Wildman–Crippen MR) is 106 cm³/mol. The number of carbonyl (C=O) groups is 2. The highest BCUT2D eigenvalue weighted by atomic mass is 16.5. The van der Waals surface area contributed by atoms with E-state index in [-0.39, 0.29) is 23.3 Å². The number of amides is 2. The van der Waals surface area contributed by atoms with Crippen LogP contribution < -0.4 is 0 Å². The number of nitrogens with zero attached hydrogens (tertiary/aromatic N) is 3. The number of pyridine rings is 1. The Kier molecular flexibility index (Phi) is 5.95. The molecular formula is C22H31N3O3. The minimum Gasteiger partial charge on any atom is -0.375 e. The summed E-state index contributed by atoms with van der Waals surface area (Å²) in [7, 11) is 0. The topological polar surface area (TPSA) is 62.7 Å². The lowest BCUT2D eigenvalue weighted by atomic mass is 9.84. The van der Waals surface area contributed by atoms with Gasteiger partial charge in [0.25, 0.3) is 0 Å². The second-order valence-electron chi connectivity index (χ2n) is 8.51. The molecule has 0 aliphatic carbocycles. The summed E-state index contributed by atoms with van der Waals surface area (Å²) in [5.74, 6) is 0.474. The molecule has 0 radical (unpaired) electrons. The van der Waals surface area contributed by atoms with E-state index in [0.29, 0.717) is 19.5 Å². The van der Waals surface area contributed by atoms with Gasteiger partial charge in [-0.15, -0.1) is 0 Å². The highest BCUT2D eigenvalue weighted by Crippen LogP contribution is 2.35. The molecule has 6 nitrogen and oxygen atoms in total. The molecule has 0 N–H and O–H groups in total. The SMILES string of the molecule is O=C(Cc1cccnc1)N1CCC(C(=O)N2CCC3(CCCCO3)CC2)CC1. The molecule has 4 heterocycles. The van der Waals surface area contributed by atoms with E-state index in [0.717, 1.165) is 57.4 Å². The Morgan fingerprint density at radius 3 is 2.50 bits per heavy atom. The first-order valence-electron chi connectivity index (χ1n) is 10.7. The van der Waals surface area contributed by atoms with Crippen LogP contribution in [-0.4, -0.2) is 65.0 Å². The molecule has 3 aliphatic heterocycles. The number of piperidine rings is 2. The van der Waals surface area contributed by atoms with Crippen molar-refractivity contribution >= 4 is 11.8 Å². The lowest BCUT2D eigenvalue weighted by Crippen LogP contribution is -2.52. The average Bonchev–Trinajstić information content (AvgIpc) is 2.75. The standard InChI is InChI=1S/C22H31N3O3/c26-20(16-18-4-3-10-23-17-18)24-11-5-19(6-12-24)21(27)25-13-8-22(9-14-25)7-1-2-15-28-22/h3-4,10,17,19H,1-2,5-9,11-16H2. The van der Waals surface area contributed by atoms with Crippen molar-refractivity contribution in [1.29, 1.82) is 0 Å². The summed E-state index contributed by atoms with van der Waals surface area (Å²) in [5.41, 5.74) is 0.981. The Morgan fingerprint density at radius 2 is 1.86 bits per heavy atom. The molecule has 2 amide bonds. The molecule has 3 saturated heterocycles. The molecule has 1 aromatic rings. The van der Waals surface area contributed by atoms with E-state index in [1.165, 1.54) is 12.8 Å². The van der Waals surface area contributed by atoms with Crippen LogP contribution in [-0.2, 0) is 20.7 Å². The number of ether oxygens (including phenoxy) is 1. The van der Waals surface area contributed by atoms with E-state index in [2.05, 4.69) is 4.98 Å². The fourth-order valence-electron chi connectivity index (χ4n) is 4.86. The van der Waals surface area contributed by atoms with Crippen LogP contribution in [0.3, 0.4) is 0 Å². The number of rotatable bonds is 3. The van der Waals surface area contributed by atoms with E-state index >= 15 is 0 Å². The van der Waals surface area contributed by atoms with Crippen LogP contribution in [0.5, 0.6) is 0 Å². The average molecular weight is 386 g/mol. The third kappa shape index (κ3) is 4.37. The maximum atomic E-state index is 13.0. The van der Waals surface area contributed by atoms with Crippen LogP contribution in [0.1, 0.15) is 50.5 Å². The van der Waals surface area contributed by atoms with E-state index in [1.54, 1.807) is 12.4 Å². The first-order chi connectivity index (χ1) is 13.7. The second-order valence-corrected chi connectivity index (χ2v) is 8.51. The summed E-state index contributed by atoms with van der Waals surface area (Å²) >= 11 is 0. The lowest BCUT2D eigenvalue weighted by Gasteiger charge is -2.45. The van der Waals surface area contributed by atoms with Crippen LogP contribution in [0, 0.1) is 5.92 Å². The van der Waals surface area contributed by atoms with Gasteiger partial charge < -0.3 is 14.5 Å². The zero-order chi connectivity index (χ0) is 19.4. The Hall–Kier alpha value is -1.95. The largest absolute Gasteiger partial charge is 0.375 e. The molecule has 0 bridgehead atoms. The van der Waals surface area contributed by atoms with E-state index < -0.39 is 0 Å². The molecule has 3 aliphatic rings. The summed E-state index contributed by atoms with van der Waals surface area (Å²) in [6.45, 7) is 3.87. The van der Waals surface area contributed by atoms with Crippen molar-refractivity contribution in [3.63, 3.8) is 0 Å². The number of aromatic nitrogens is 1. The van der Waals surface area contributed by atoms with Gasteiger partial charge >= 0.3 is 0 Å². The molecule has 1 aromatic heterocycles. The highest BCUT2D eigenvalue weighted by Gasteiger charge is 2.39. The van der Waals surface area contributed by atoms with Gasteiger partial charge in [-0.1, -0.05) is 6.07 Å². The van der Waals surface area contributed by atoms with Gasteiger partial charge in [-0.05, 0) is 56.6 Å². The van der Waals surface area contributed by atoms with Gasteiger partial charge in [-0.2, -0.15) is 0 Å². The molecule has 0 atom stereocenters. The number of hydrogen-bond donors (Lipinski definition) is 0. The Morgan fingerprint density at radius 1 is 1.07 bits per heavy atom. The van der Waals surface area contributed by atoms with Gasteiger partial charge in [-0.3, -0.25) is 14.6 Å². The normalized spacial score (nSPS) is 23.0. The third-order valence-corrected chi connectivity index (χ3v) is 6.70. The second kappa shape index (κ2) is 8.60. The molecular weight excluding hydrogens is 354 g/mol. The Balaban J connectivity index is 1.23. The molecule has 1 spiro atoms. The van der Waals surface area contributed by atoms with E-state index in [9.17, 15) is 9.59 Å². The zero-order valence-electron chi connectivity index (χ0n) is 16.6. The van der Waals surface area contributed by atoms with Gasteiger partial charge in [-0.25, -0.2) is 0 Å². The van der Waals surface area contributed by atoms with Crippen molar-refractivity contribution in [1.82, 2.24) is 14.8 Å². The van der Waals surface area contributed by atoms with Gasteiger partial charge in [0.15, 0.2) is 0 Å². The molecule has 0 saturated carbocycles. The summed E-state index contributed by atoms with van der Waals surface area (Å²) in [6, 6.07) is 3.79. The Labute approximate surface area is 167 Å². The maximum Gasteiger partial charge on any atom is 0.227 e. The zero-order valence-corrected chi connectivity index (χ0v) is 16.6. The summed E-state index contributed by atoms with van der Waals surface area (Å²) in [4.78, 5) is 33.5. The first kappa shape index (κ1) is 19.4. The molecule has 4 rings (SSSR count). The van der Waals surface area contributed by atoms with Crippen LogP contribution in [0.2, 0.25) is 0 Å². The first-order valence-corrected chi connectivity index (χ1v) is 10.7. The molecule has 3 fully saturated rings. The quantitative estimate of drug-likeness (QED) is 0.802. The van der Waals surface area contributed by atoms with Crippen molar-refractivity contribution in [2.24, 2.45) is 5.92 Å². The van der Waals surface area contributed by atoms with Crippen molar-refractivity contribution in [3.8, 4) is 0 Å². The van der Waals surface area contributed by atoms with Crippen molar-refractivity contribution < 1.29 is 14.3 Å². The Bertz CT molecular complexity index is 670. The van der Waals surface area contributed by atoms with E-state index in [1.807, 2.05) is 21.9 Å². The monoisotopic (exact) mass is 385 g/mol. The summed E-state index contributed by atoms with van der Waals surface area (Å²) < 4.78 is 6.08. The fourth-order valence-corrected chi connectivity index (χ4v) is 4.86. The van der Waals surface area contributed by atoms with Crippen molar-refractivity contribution in [2.45, 2.75) is 57.0 Å². The van der Waals surface area contributed by atoms with Gasteiger partial charge in [0, 0.05) is 51.1 Å². The fraction of sp³-hybridized carbons (Fsp3) is 0.682. The van der Waals surface area contributed by atoms with Gasteiger partial charge in [0.1, 0.15) is 0 Å². The predicted octanol–water partition coefficient (Wildman–Crippen LogP) is 2.42. The number of hydrogen-bond acceptors (Lipinski definition) is 4. The van der Waals surface area contributed by atoms with Crippen LogP contribution in [0.25, 0.3) is 0 Å². The number of likely N-dealkylation sites (tertiary alicyclic amines) is 2. The van der Waals surface area contributed by atoms with Gasteiger partial charge in [0.05, 0.1) is 12.0 Å². The molecule has 152 valence electrons. The van der Waals surface area contributed by atoms with E-state index in [4.69, 9.17) is 4.74 Å². The minimum atomic E-state index is 0.0388. The molecule has 0 unspecified atom stereocenters. The van der Waals surface area contributed by atoms with Crippen LogP contribution in [0.4, 0.5) is 0 Å². The molecule has 6 heteroatoms. The lowest BCUT2D eigenvalue weighted by molar-refractivity contribution is -0.149. The minimum absolute atomic E-state index is 0.0388. The maximum absolute atomic E-state index is 13.0. The molecule has 0 aromatic carbocycles. The number of carbonyl (C=O) groups excluding carboxylic acids is 2. The smallest absolute Gasteiger partial charge is 0.227 e. The van der Waals surface area contributed by atoms with Gasteiger partial charge in [0.2, 0.25) is 11.8 Å². The van der Waals surface area contributed by atoms with Crippen LogP contribution >= 0.6 is 0 Å².